The first-order valence-electron chi connectivity index (χ1n) is 11.0. The first-order valence-corrected chi connectivity index (χ1v) is 13.0. The molecular formula is C24H26ClN3O5S. The fourth-order valence-electron chi connectivity index (χ4n) is 4.28. The van der Waals surface area contributed by atoms with Gasteiger partial charge in [-0.05, 0) is 61.1 Å². The highest BCUT2D eigenvalue weighted by molar-refractivity contribution is 7.89. The van der Waals surface area contributed by atoms with Gasteiger partial charge in [0.15, 0.2) is 5.76 Å². The van der Waals surface area contributed by atoms with Gasteiger partial charge >= 0.3 is 0 Å². The number of nitrogens with two attached hydrogens (primary N) is 1. The zero-order valence-corrected chi connectivity index (χ0v) is 19.9. The second kappa shape index (κ2) is 10.2. The molecule has 0 aromatic heterocycles. The molecule has 4 N–H and O–H groups in total. The Morgan fingerprint density at radius 3 is 2.62 bits per heavy atom. The Morgan fingerprint density at radius 1 is 1.18 bits per heavy atom. The summed E-state index contributed by atoms with van der Waals surface area (Å²) in [5.41, 5.74) is 1.60. The molecule has 1 aliphatic carbocycles. The number of fused-ring (bicyclic) bond motifs is 1. The monoisotopic (exact) mass is 503 g/mol. The van der Waals surface area contributed by atoms with E-state index in [4.69, 9.17) is 21.5 Å². The predicted molar refractivity (Wildman–Crippen MR) is 128 cm³/mol. The zero-order valence-electron chi connectivity index (χ0n) is 18.4. The molecule has 1 heterocycles. The van der Waals surface area contributed by atoms with Gasteiger partial charge in [-0.1, -0.05) is 41.9 Å². The Bertz CT molecular complexity index is 1210. The SMILES string of the molecule is NS(=O)(=O)c1ccc(CCNC(=O)C2CCC3O/C(=C\c4ccccc4Cl)C(=O)NC3C2)cc1. The molecule has 0 radical (unpaired) electrons. The van der Waals surface area contributed by atoms with Crippen molar-refractivity contribution >= 4 is 39.5 Å². The summed E-state index contributed by atoms with van der Waals surface area (Å²) >= 11 is 6.18. The molecular weight excluding hydrogens is 478 g/mol. The lowest BCUT2D eigenvalue weighted by Gasteiger charge is -2.39. The average molecular weight is 504 g/mol. The topological polar surface area (TPSA) is 128 Å². The number of carbonyl (C=O) groups excluding carboxylic acids is 2. The fraction of sp³-hybridized carbons (Fsp3) is 0.333. The highest BCUT2D eigenvalue weighted by atomic mass is 35.5. The number of sulfonamides is 1. The molecule has 0 spiro atoms. The fourth-order valence-corrected chi connectivity index (χ4v) is 4.99. The van der Waals surface area contributed by atoms with Gasteiger partial charge in [0.05, 0.1) is 10.9 Å². The van der Waals surface area contributed by atoms with E-state index >= 15 is 0 Å². The summed E-state index contributed by atoms with van der Waals surface area (Å²) in [7, 11) is -3.72. The summed E-state index contributed by atoms with van der Waals surface area (Å²) < 4.78 is 28.6. The minimum Gasteiger partial charge on any atom is -0.483 e. The van der Waals surface area contributed by atoms with Crippen LogP contribution in [-0.2, 0) is 30.8 Å². The van der Waals surface area contributed by atoms with E-state index in [0.717, 1.165) is 5.56 Å². The van der Waals surface area contributed by atoms with E-state index in [1.165, 1.54) is 12.1 Å². The maximum Gasteiger partial charge on any atom is 0.286 e. The summed E-state index contributed by atoms with van der Waals surface area (Å²) in [5, 5.41) is 11.6. The van der Waals surface area contributed by atoms with Gasteiger partial charge in [0.25, 0.3) is 5.91 Å². The molecule has 2 fully saturated rings. The van der Waals surface area contributed by atoms with Crippen molar-refractivity contribution in [2.24, 2.45) is 11.1 Å². The van der Waals surface area contributed by atoms with Crippen LogP contribution in [0, 0.1) is 5.92 Å². The van der Waals surface area contributed by atoms with Crippen molar-refractivity contribution in [2.75, 3.05) is 6.54 Å². The minimum absolute atomic E-state index is 0.0543. The van der Waals surface area contributed by atoms with Crippen LogP contribution >= 0.6 is 11.6 Å². The number of hydrogen-bond acceptors (Lipinski definition) is 5. The van der Waals surface area contributed by atoms with E-state index in [1.54, 1.807) is 24.3 Å². The molecule has 2 amide bonds. The maximum absolute atomic E-state index is 12.7. The molecule has 180 valence electrons. The Kier molecular flexibility index (Phi) is 7.25. The molecule has 3 atom stereocenters. The van der Waals surface area contributed by atoms with Crippen molar-refractivity contribution in [3.8, 4) is 0 Å². The minimum atomic E-state index is -3.72. The highest BCUT2D eigenvalue weighted by Crippen LogP contribution is 2.32. The molecule has 0 bridgehead atoms. The lowest BCUT2D eigenvalue weighted by Crippen LogP contribution is -2.54. The van der Waals surface area contributed by atoms with E-state index in [0.29, 0.717) is 42.8 Å². The van der Waals surface area contributed by atoms with Crippen molar-refractivity contribution in [1.29, 1.82) is 0 Å². The van der Waals surface area contributed by atoms with Crippen LogP contribution in [0.3, 0.4) is 0 Å². The molecule has 1 aliphatic heterocycles. The van der Waals surface area contributed by atoms with Gasteiger partial charge in [-0.25, -0.2) is 13.6 Å². The van der Waals surface area contributed by atoms with E-state index in [2.05, 4.69) is 10.6 Å². The lowest BCUT2D eigenvalue weighted by molar-refractivity contribution is -0.134. The average Bonchev–Trinajstić information content (AvgIpc) is 2.80. The van der Waals surface area contributed by atoms with Gasteiger partial charge in [-0.2, -0.15) is 0 Å². The van der Waals surface area contributed by atoms with Crippen LogP contribution in [0.15, 0.2) is 59.2 Å². The number of amides is 2. The summed E-state index contributed by atoms with van der Waals surface area (Å²) in [4.78, 5) is 25.3. The third-order valence-corrected chi connectivity index (χ3v) is 7.41. The molecule has 2 aliphatic rings. The number of morpholine rings is 1. The first-order chi connectivity index (χ1) is 16.2. The number of benzene rings is 2. The number of primary sulfonamides is 1. The van der Waals surface area contributed by atoms with Crippen LogP contribution in [0.5, 0.6) is 0 Å². The first kappa shape index (κ1) is 24.3. The van der Waals surface area contributed by atoms with E-state index in [-0.39, 0.29) is 40.5 Å². The van der Waals surface area contributed by atoms with Crippen molar-refractivity contribution in [3.63, 3.8) is 0 Å². The number of hydrogen-bond donors (Lipinski definition) is 3. The molecule has 2 aromatic carbocycles. The van der Waals surface area contributed by atoms with Crippen LogP contribution < -0.4 is 15.8 Å². The quantitative estimate of drug-likeness (QED) is 0.521. The van der Waals surface area contributed by atoms with Crippen LogP contribution in [0.2, 0.25) is 5.02 Å². The summed E-state index contributed by atoms with van der Waals surface area (Å²) in [6.45, 7) is 0.422. The van der Waals surface area contributed by atoms with E-state index in [9.17, 15) is 18.0 Å². The third kappa shape index (κ3) is 5.78. The lowest BCUT2D eigenvalue weighted by atomic mass is 9.82. The number of nitrogens with one attached hydrogen (secondary N) is 2. The zero-order chi connectivity index (χ0) is 24.3. The van der Waals surface area contributed by atoms with Crippen molar-refractivity contribution in [3.05, 3.63) is 70.4 Å². The third-order valence-electron chi connectivity index (χ3n) is 6.13. The van der Waals surface area contributed by atoms with Crippen LogP contribution in [-0.4, -0.2) is 38.9 Å². The van der Waals surface area contributed by atoms with Gasteiger partial charge < -0.3 is 15.4 Å². The predicted octanol–water partition coefficient (Wildman–Crippen LogP) is 2.37. The van der Waals surface area contributed by atoms with E-state index < -0.39 is 10.0 Å². The summed E-state index contributed by atoms with van der Waals surface area (Å²) in [5.74, 6) is -0.369. The van der Waals surface area contributed by atoms with Crippen LogP contribution in [0.25, 0.3) is 6.08 Å². The molecule has 2 aromatic rings. The molecule has 8 nitrogen and oxygen atoms in total. The second-order valence-electron chi connectivity index (χ2n) is 8.51. The molecule has 10 heteroatoms. The number of rotatable bonds is 6. The van der Waals surface area contributed by atoms with Gasteiger partial charge in [0, 0.05) is 17.5 Å². The molecule has 1 saturated heterocycles. The Labute approximate surface area is 203 Å². The maximum atomic E-state index is 12.7. The number of carbonyl (C=O) groups is 2. The van der Waals surface area contributed by atoms with Crippen molar-refractivity contribution in [2.45, 2.75) is 42.7 Å². The smallest absolute Gasteiger partial charge is 0.286 e. The largest absolute Gasteiger partial charge is 0.483 e. The van der Waals surface area contributed by atoms with E-state index in [1.807, 2.05) is 18.2 Å². The summed E-state index contributed by atoms with van der Waals surface area (Å²) in [6, 6.07) is 13.3. The Morgan fingerprint density at radius 2 is 1.91 bits per heavy atom. The number of ether oxygens (including phenoxy) is 1. The van der Waals surface area contributed by atoms with Gasteiger partial charge in [-0.15, -0.1) is 0 Å². The normalized spacial score (nSPS) is 23.5. The van der Waals surface area contributed by atoms with Crippen molar-refractivity contribution in [1.82, 2.24) is 10.6 Å². The van der Waals surface area contributed by atoms with Crippen molar-refractivity contribution < 1.29 is 22.7 Å². The highest BCUT2D eigenvalue weighted by Gasteiger charge is 2.40. The molecule has 34 heavy (non-hydrogen) atoms. The second-order valence-corrected chi connectivity index (χ2v) is 10.5. The van der Waals surface area contributed by atoms with Gasteiger partial charge in [0.1, 0.15) is 6.10 Å². The Hall–Kier alpha value is -2.88. The number of halogens is 1. The molecule has 1 saturated carbocycles. The van der Waals surface area contributed by atoms with Gasteiger partial charge in [-0.3, -0.25) is 9.59 Å². The molecule has 4 rings (SSSR count). The summed E-state index contributed by atoms with van der Waals surface area (Å²) in [6.07, 6.45) is 3.83. The van der Waals surface area contributed by atoms with Crippen LogP contribution in [0.1, 0.15) is 30.4 Å². The standard InChI is InChI=1S/C24H26ClN3O5S/c25-19-4-2-1-3-16(19)14-22-24(30)28-20-13-17(7-10-21(20)33-22)23(29)27-12-11-15-5-8-18(9-6-15)34(26,31)32/h1-6,8-9,14,17,20-21H,7,10-13H2,(H,27,29)(H,28,30)(H2,26,31,32)/b22-14-. The van der Waals surface area contributed by atoms with Gasteiger partial charge in [0.2, 0.25) is 15.9 Å². The molecule has 3 unspecified atom stereocenters. The van der Waals surface area contributed by atoms with Crippen LogP contribution in [0.4, 0.5) is 0 Å². The Balaban J connectivity index is 1.28.